The first kappa shape index (κ1) is 13.0. The number of rotatable bonds is 5. The van der Waals surface area contributed by atoms with Gasteiger partial charge in [0, 0.05) is 0 Å². The zero-order valence-electron chi connectivity index (χ0n) is 8.75. The molecule has 3 N–H and O–H groups in total. The van der Waals surface area contributed by atoms with Crippen molar-refractivity contribution in [3.05, 3.63) is 36.4 Å². The fourth-order valence-electron chi connectivity index (χ4n) is 1.16. The molecule has 1 rings (SSSR count). The van der Waals surface area contributed by atoms with Crippen LogP contribution in [0.15, 0.2) is 30.9 Å². The third-order valence-corrected chi connectivity index (χ3v) is 3.04. The molecule has 0 saturated carbocycles. The van der Waals surface area contributed by atoms with Gasteiger partial charge in [-0.15, -0.1) is 6.58 Å². The van der Waals surface area contributed by atoms with Gasteiger partial charge in [0.2, 0.25) is 10.0 Å². The van der Waals surface area contributed by atoms with Crippen LogP contribution in [0.4, 0.5) is 5.69 Å². The molecule has 1 aromatic carbocycles. The summed E-state index contributed by atoms with van der Waals surface area (Å²) in [5.74, 6) is -1.92. The van der Waals surface area contributed by atoms with Gasteiger partial charge in [-0.3, -0.25) is 4.72 Å². The molecule has 0 atom stereocenters. The summed E-state index contributed by atoms with van der Waals surface area (Å²) in [6.45, 7) is 3.28. The minimum absolute atomic E-state index is 0.0999. The van der Waals surface area contributed by atoms with Gasteiger partial charge in [0.25, 0.3) is 0 Å². The standard InChI is InChI=1S/C10H11NO5S/c1-2-5-17(15,16)11-9-4-3-7(12)6-8(9)10(13)14/h2-4,6,11-12H,1,5H2,(H,13,14). The van der Waals surface area contributed by atoms with E-state index in [4.69, 9.17) is 10.2 Å². The number of aromatic hydroxyl groups is 1. The molecule has 0 radical (unpaired) electrons. The molecule has 0 unspecified atom stereocenters. The van der Waals surface area contributed by atoms with E-state index in [1.807, 2.05) is 0 Å². The number of nitrogens with one attached hydrogen (secondary N) is 1. The van der Waals surface area contributed by atoms with Gasteiger partial charge >= 0.3 is 5.97 Å². The Kier molecular flexibility index (Phi) is 3.74. The predicted octanol–water partition coefficient (Wildman–Crippen LogP) is 1.02. The van der Waals surface area contributed by atoms with Crippen molar-refractivity contribution in [3.8, 4) is 5.75 Å². The maximum Gasteiger partial charge on any atom is 0.337 e. The average Bonchev–Trinajstić information content (AvgIpc) is 2.20. The topological polar surface area (TPSA) is 104 Å². The second-order valence-corrected chi connectivity index (χ2v) is 4.97. The van der Waals surface area contributed by atoms with Crippen molar-refractivity contribution in [3.63, 3.8) is 0 Å². The van der Waals surface area contributed by atoms with E-state index < -0.39 is 16.0 Å². The summed E-state index contributed by atoms with van der Waals surface area (Å²) in [7, 11) is -3.67. The van der Waals surface area contributed by atoms with Crippen LogP contribution in [0.5, 0.6) is 5.75 Å². The second-order valence-electron chi connectivity index (χ2n) is 3.21. The predicted molar refractivity (Wildman–Crippen MR) is 62.7 cm³/mol. The molecule has 0 aliphatic carbocycles. The first-order chi connectivity index (χ1) is 7.85. The first-order valence-corrected chi connectivity index (χ1v) is 6.18. The van der Waals surface area contributed by atoms with Crippen LogP contribution in [0, 0.1) is 0 Å². The summed E-state index contributed by atoms with van der Waals surface area (Å²) in [4.78, 5) is 10.9. The second kappa shape index (κ2) is 4.88. The van der Waals surface area contributed by atoms with Gasteiger partial charge in [0.15, 0.2) is 0 Å². The van der Waals surface area contributed by atoms with Crippen molar-refractivity contribution in [1.29, 1.82) is 0 Å². The molecule has 0 heterocycles. The lowest BCUT2D eigenvalue weighted by Crippen LogP contribution is -2.17. The van der Waals surface area contributed by atoms with E-state index in [1.165, 1.54) is 18.2 Å². The molecule has 1 aromatic rings. The number of carbonyl (C=O) groups is 1. The lowest BCUT2D eigenvalue weighted by Gasteiger charge is -2.09. The van der Waals surface area contributed by atoms with Gasteiger partial charge in [-0.05, 0) is 18.2 Å². The number of anilines is 1. The van der Waals surface area contributed by atoms with Gasteiger partial charge in [-0.2, -0.15) is 0 Å². The minimum Gasteiger partial charge on any atom is -0.508 e. The van der Waals surface area contributed by atoms with Crippen molar-refractivity contribution >= 4 is 21.7 Å². The SMILES string of the molecule is C=CCS(=O)(=O)Nc1ccc(O)cc1C(=O)O. The monoisotopic (exact) mass is 257 g/mol. The fourth-order valence-corrected chi connectivity index (χ4v) is 2.07. The highest BCUT2D eigenvalue weighted by atomic mass is 32.2. The quantitative estimate of drug-likeness (QED) is 0.539. The van der Waals surface area contributed by atoms with Crippen LogP contribution < -0.4 is 4.72 Å². The average molecular weight is 257 g/mol. The van der Waals surface area contributed by atoms with Crippen molar-refractivity contribution in [2.24, 2.45) is 0 Å². The molecule has 0 aliphatic rings. The van der Waals surface area contributed by atoms with Crippen molar-refractivity contribution in [1.82, 2.24) is 0 Å². The molecule has 0 aliphatic heterocycles. The number of phenolic OH excluding ortho intramolecular Hbond substituents is 1. The molecular formula is C10H11NO5S. The van der Waals surface area contributed by atoms with E-state index in [-0.39, 0.29) is 22.8 Å². The number of phenols is 1. The van der Waals surface area contributed by atoms with Gasteiger partial charge in [-0.25, -0.2) is 13.2 Å². The third-order valence-electron chi connectivity index (χ3n) is 1.84. The highest BCUT2D eigenvalue weighted by Gasteiger charge is 2.15. The summed E-state index contributed by atoms with van der Waals surface area (Å²) >= 11 is 0. The molecule has 6 nitrogen and oxygen atoms in total. The molecule has 0 bridgehead atoms. The Bertz CT molecular complexity index is 550. The van der Waals surface area contributed by atoms with E-state index in [1.54, 1.807) is 0 Å². The van der Waals surface area contributed by atoms with E-state index in [0.717, 1.165) is 6.07 Å². The van der Waals surface area contributed by atoms with Gasteiger partial charge in [0.1, 0.15) is 5.75 Å². The number of hydrogen-bond acceptors (Lipinski definition) is 4. The maximum atomic E-state index is 11.4. The summed E-state index contributed by atoms with van der Waals surface area (Å²) in [6.07, 6.45) is 1.18. The summed E-state index contributed by atoms with van der Waals surface area (Å²) < 4.78 is 24.9. The Morgan fingerprint density at radius 1 is 1.47 bits per heavy atom. The van der Waals surface area contributed by atoms with Crippen molar-refractivity contribution < 1.29 is 23.4 Å². The van der Waals surface area contributed by atoms with E-state index in [0.29, 0.717) is 0 Å². The van der Waals surface area contributed by atoms with Crippen molar-refractivity contribution in [2.75, 3.05) is 10.5 Å². The smallest absolute Gasteiger partial charge is 0.337 e. The van der Waals surface area contributed by atoms with Gasteiger partial charge < -0.3 is 10.2 Å². The van der Waals surface area contributed by atoms with Gasteiger partial charge in [-0.1, -0.05) is 6.08 Å². The van der Waals surface area contributed by atoms with Crippen LogP contribution in [0.25, 0.3) is 0 Å². The van der Waals surface area contributed by atoms with E-state index >= 15 is 0 Å². The van der Waals surface area contributed by atoms with E-state index in [9.17, 15) is 13.2 Å². The van der Waals surface area contributed by atoms with Crippen LogP contribution in [0.2, 0.25) is 0 Å². The molecule has 0 saturated heterocycles. The lowest BCUT2D eigenvalue weighted by atomic mass is 10.2. The number of carboxylic acid groups (broad SMARTS) is 1. The lowest BCUT2D eigenvalue weighted by molar-refractivity contribution is 0.0697. The largest absolute Gasteiger partial charge is 0.508 e. The zero-order chi connectivity index (χ0) is 13.1. The Balaban J connectivity index is 3.15. The fraction of sp³-hybridized carbons (Fsp3) is 0.100. The number of aromatic carboxylic acids is 1. The molecule has 0 spiro atoms. The Labute approximate surface area is 98.3 Å². The van der Waals surface area contributed by atoms with Crippen LogP contribution in [0.1, 0.15) is 10.4 Å². The number of carboxylic acids is 1. The number of sulfonamides is 1. The molecule has 0 fully saturated rings. The van der Waals surface area contributed by atoms with Crippen LogP contribution >= 0.6 is 0 Å². The zero-order valence-corrected chi connectivity index (χ0v) is 9.57. The maximum absolute atomic E-state index is 11.4. The normalized spacial score (nSPS) is 10.8. The Hall–Kier alpha value is -2.02. The molecule has 17 heavy (non-hydrogen) atoms. The molecule has 92 valence electrons. The first-order valence-electron chi connectivity index (χ1n) is 4.53. The van der Waals surface area contributed by atoms with E-state index in [2.05, 4.69) is 11.3 Å². The minimum atomic E-state index is -3.67. The summed E-state index contributed by atoms with van der Waals surface area (Å²) in [6, 6.07) is 3.34. The van der Waals surface area contributed by atoms with Crippen LogP contribution in [-0.2, 0) is 10.0 Å². The highest BCUT2D eigenvalue weighted by molar-refractivity contribution is 7.92. The Morgan fingerprint density at radius 2 is 2.12 bits per heavy atom. The van der Waals surface area contributed by atoms with Crippen LogP contribution in [0.3, 0.4) is 0 Å². The summed E-state index contributed by atoms with van der Waals surface area (Å²) in [5, 5.41) is 18.0. The van der Waals surface area contributed by atoms with Crippen molar-refractivity contribution in [2.45, 2.75) is 0 Å². The van der Waals surface area contributed by atoms with Crippen LogP contribution in [-0.4, -0.2) is 30.4 Å². The summed E-state index contributed by atoms with van der Waals surface area (Å²) in [5.41, 5.74) is -0.421. The Morgan fingerprint density at radius 3 is 2.65 bits per heavy atom. The number of hydrogen-bond donors (Lipinski definition) is 3. The number of benzene rings is 1. The molecule has 7 heteroatoms. The third kappa shape index (κ3) is 3.49. The molecular weight excluding hydrogens is 246 g/mol. The molecule has 0 amide bonds. The highest BCUT2D eigenvalue weighted by Crippen LogP contribution is 2.22. The van der Waals surface area contributed by atoms with Gasteiger partial charge in [0.05, 0.1) is 17.0 Å². The molecule has 0 aromatic heterocycles.